The molecular formula is C14H16N2O2. The summed E-state index contributed by atoms with van der Waals surface area (Å²) in [5.74, 6) is 1.48. The Labute approximate surface area is 106 Å². The predicted molar refractivity (Wildman–Crippen MR) is 69.7 cm³/mol. The molecule has 1 heterocycles. The fourth-order valence-electron chi connectivity index (χ4n) is 1.64. The number of rotatable bonds is 5. The van der Waals surface area contributed by atoms with E-state index < -0.39 is 0 Å². The quantitative estimate of drug-likeness (QED) is 0.875. The van der Waals surface area contributed by atoms with E-state index >= 15 is 0 Å². The molecule has 0 saturated heterocycles. The lowest BCUT2D eigenvalue weighted by Crippen LogP contribution is -2.20. The van der Waals surface area contributed by atoms with Crippen molar-refractivity contribution in [1.29, 1.82) is 0 Å². The van der Waals surface area contributed by atoms with Crippen molar-refractivity contribution < 1.29 is 9.47 Å². The molecule has 1 unspecified atom stereocenters. The van der Waals surface area contributed by atoms with Crippen LogP contribution in [0.15, 0.2) is 48.7 Å². The first-order chi connectivity index (χ1) is 8.81. The lowest BCUT2D eigenvalue weighted by atomic mass is 10.2. The molecule has 2 rings (SSSR count). The summed E-state index contributed by atoms with van der Waals surface area (Å²) in [5.41, 5.74) is 6.76. The highest BCUT2D eigenvalue weighted by molar-refractivity contribution is 5.29. The lowest BCUT2D eigenvalue weighted by molar-refractivity contribution is 0.284. The highest BCUT2D eigenvalue weighted by Crippen LogP contribution is 2.21. The van der Waals surface area contributed by atoms with Crippen LogP contribution >= 0.6 is 0 Å². The number of para-hydroxylation sites is 1. The van der Waals surface area contributed by atoms with Gasteiger partial charge in [-0.05, 0) is 24.3 Å². The van der Waals surface area contributed by atoms with Crippen LogP contribution in [0.5, 0.6) is 11.5 Å². The molecule has 2 N–H and O–H groups in total. The second kappa shape index (κ2) is 6.02. The van der Waals surface area contributed by atoms with E-state index in [0.29, 0.717) is 18.1 Å². The van der Waals surface area contributed by atoms with Gasteiger partial charge in [-0.3, -0.25) is 4.98 Å². The Morgan fingerprint density at radius 3 is 2.67 bits per heavy atom. The van der Waals surface area contributed by atoms with Crippen LogP contribution in [0.4, 0.5) is 0 Å². The van der Waals surface area contributed by atoms with Crippen LogP contribution < -0.4 is 15.2 Å². The van der Waals surface area contributed by atoms with Crippen molar-refractivity contribution in [3.05, 3.63) is 54.4 Å². The minimum Gasteiger partial charge on any atom is -0.495 e. The average molecular weight is 244 g/mol. The van der Waals surface area contributed by atoms with Crippen LogP contribution in [0.3, 0.4) is 0 Å². The van der Waals surface area contributed by atoms with Crippen LogP contribution in [0.2, 0.25) is 0 Å². The monoisotopic (exact) mass is 244 g/mol. The standard InChI is InChI=1S/C14H16N2O2/c1-17-13-8-5-9-16-14(13)12(15)10-18-11-6-3-2-4-7-11/h2-9,12H,10,15H2,1H3. The average Bonchev–Trinajstić information content (AvgIpc) is 2.45. The molecule has 1 aromatic heterocycles. The normalized spacial score (nSPS) is 11.9. The second-order valence-corrected chi connectivity index (χ2v) is 3.82. The van der Waals surface area contributed by atoms with Crippen molar-refractivity contribution in [2.45, 2.75) is 6.04 Å². The second-order valence-electron chi connectivity index (χ2n) is 3.82. The maximum atomic E-state index is 6.05. The maximum Gasteiger partial charge on any atom is 0.142 e. The van der Waals surface area contributed by atoms with E-state index in [0.717, 1.165) is 5.75 Å². The Hall–Kier alpha value is -2.07. The van der Waals surface area contributed by atoms with Gasteiger partial charge in [0.1, 0.15) is 23.8 Å². The number of benzene rings is 1. The first-order valence-corrected chi connectivity index (χ1v) is 5.73. The van der Waals surface area contributed by atoms with E-state index in [1.54, 1.807) is 13.3 Å². The molecule has 0 saturated carbocycles. The molecule has 1 atom stereocenters. The summed E-state index contributed by atoms with van der Waals surface area (Å²) in [6, 6.07) is 12.9. The fourth-order valence-corrected chi connectivity index (χ4v) is 1.64. The van der Waals surface area contributed by atoms with Crippen molar-refractivity contribution in [1.82, 2.24) is 4.98 Å². The van der Waals surface area contributed by atoms with Crippen molar-refractivity contribution in [3.63, 3.8) is 0 Å². The van der Waals surface area contributed by atoms with Crippen LogP contribution in [0.25, 0.3) is 0 Å². The van der Waals surface area contributed by atoms with E-state index in [2.05, 4.69) is 4.98 Å². The Bertz CT molecular complexity index is 488. The zero-order valence-corrected chi connectivity index (χ0v) is 10.2. The van der Waals surface area contributed by atoms with E-state index in [-0.39, 0.29) is 6.04 Å². The van der Waals surface area contributed by atoms with Gasteiger partial charge in [0.05, 0.1) is 13.2 Å². The van der Waals surface area contributed by atoms with Gasteiger partial charge in [0, 0.05) is 6.20 Å². The molecule has 4 heteroatoms. The zero-order chi connectivity index (χ0) is 12.8. The number of nitrogens with zero attached hydrogens (tertiary/aromatic N) is 1. The number of nitrogens with two attached hydrogens (primary N) is 1. The van der Waals surface area contributed by atoms with Crippen LogP contribution in [0, 0.1) is 0 Å². The third kappa shape index (κ3) is 2.99. The minimum absolute atomic E-state index is 0.318. The van der Waals surface area contributed by atoms with Crippen molar-refractivity contribution in [3.8, 4) is 11.5 Å². The summed E-state index contributed by atoms with van der Waals surface area (Å²) in [4.78, 5) is 4.23. The Morgan fingerprint density at radius 1 is 1.17 bits per heavy atom. The number of ether oxygens (including phenoxy) is 2. The molecule has 4 nitrogen and oxygen atoms in total. The van der Waals surface area contributed by atoms with Gasteiger partial charge in [-0.1, -0.05) is 18.2 Å². The lowest BCUT2D eigenvalue weighted by Gasteiger charge is -2.15. The van der Waals surface area contributed by atoms with Gasteiger partial charge < -0.3 is 15.2 Å². The zero-order valence-electron chi connectivity index (χ0n) is 10.2. The third-order valence-corrected chi connectivity index (χ3v) is 2.54. The molecule has 0 aliphatic heterocycles. The SMILES string of the molecule is COc1cccnc1C(N)COc1ccccc1. The smallest absolute Gasteiger partial charge is 0.142 e. The first kappa shape index (κ1) is 12.4. The molecule has 0 aliphatic carbocycles. The van der Waals surface area contributed by atoms with Gasteiger partial charge >= 0.3 is 0 Å². The van der Waals surface area contributed by atoms with Crippen LogP contribution in [-0.2, 0) is 0 Å². The van der Waals surface area contributed by atoms with Gasteiger partial charge in [0.25, 0.3) is 0 Å². The summed E-state index contributed by atoms with van der Waals surface area (Å²) in [6.07, 6.45) is 1.69. The van der Waals surface area contributed by atoms with E-state index in [1.807, 2.05) is 42.5 Å². The Morgan fingerprint density at radius 2 is 1.94 bits per heavy atom. The molecule has 0 bridgehead atoms. The topological polar surface area (TPSA) is 57.4 Å². The van der Waals surface area contributed by atoms with Crippen molar-refractivity contribution in [2.24, 2.45) is 5.73 Å². The Balaban J connectivity index is 2.01. The molecule has 0 aliphatic rings. The summed E-state index contributed by atoms with van der Waals surface area (Å²) < 4.78 is 10.8. The summed E-state index contributed by atoms with van der Waals surface area (Å²) in [6.45, 7) is 0.359. The molecule has 2 aromatic rings. The molecule has 0 spiro atoms. The van der Waals surface area contributed by atoms with Crippen LogP contribution in [0.1, 0.15) is 11.7 Å². The van der Waals surface area contributed by atoms with Crippen LogP contribution in [-0.4, -0.2) is 18.7 Å². The molecule has 94 valence electrons. The van der Waals surface area contributed by atoms with Crippen molar-refractivity contribution >= 4 is 0 Å². The predicted octanol–water partition coefficient (Wildman–Crippen LogP) is 2.17. The highest BCUT2D eigenvalue weighted by atomic mass is 16.5. The number of hydrogen-bond donors (Lipinski definition) is 1. The Kier molecular flexibility index (Phi) is 4.15. The maximum absolute atomic E-state index is 6.05. The molecular weight excluding hydrogens is 228 g/mol. The largest absolute Gasteiger partial charge is 0.495 e. The van der Waals surface area contributed by atoms with Gasteiger partial charge in [0.15, 0.2) is 0 Å². The van der Waals surface area contributed by atoms with E-state index in [4.69, 9.17) is 15.2 Å². The molecule has 0 radical (unpaired) electrons. The van der Waals surface area contributed by atoms with Gasteiger partial charge in [0.2, 0.25) is 0 Å². The van der Waals surface area contributed by atoms with E-state index in [1.165, 1.54) is 0 Å². The summed E-state index contributed by atoms with van der Waals surface area (Å²) in [5, 5.41) is 0. The van der Waals surface area contributed by atoms with Gasteiger partial charge in [-0.2, -0.15) is 0 Å². The summed E-state index contributed by atoms with van der Waals surface area (Å²) in [7, 11) is 1.60. The first-order valence-electron chi connectivity index (χ1n) is 5.73. The highest BCUT2D eigenvalue weighted by Gasteiger charge is 2.13. The van der Waals surface area contributed by atoms with Gasteiger partial charge in [-0.15, -0.1) is 0 Å². The van der Waals surface area contributed by atoms with Crippen molar-refractivity contribution in [2.75, 3.05) is 13.7 Å². The number of hydrogen-bond acceptors (Lipinski definition) is 4. The minimum atomic E-state index is -0.318. The molecule has 1 aromatic carbocycles. The molecule has 18 heavy (non-hydrogen) atoms. The fraction of sp³-hybridized carbons (Fsp3) is 0.214. The third-order valence-electron chi connectivity index (χ3n) is 2.54. The molecule has 0 fully saturated rings. The number of pyridine rings is 1. The molecule has 0 amide bonds. The number of methoxy groups -OCH3 is 1. The summed E-state index contributed by atoms with van der Waals surface area (Å²) >= 11 is 0. The van der Waals surface area contributed by atoms with Gasteiger partial charge in [-0.25, -0.2) is 0 Å². The van der Waals surface area contributed by atoms with E-state index in [9.17, 15) is 0 Å². The number of aromatic nitrogens is 1.